The van der Waals surface area contributed by atoms with Crippen molar-refractivity contribution in [2.75, 3.05) is 38.5 Å². The molecule has 0 saturated carbocycles. The van der Waals surface area contributed by atoms with Crippen LogP contribution in [0.2, 0.25) is 0 Å². The molecule has 1 amide bonds. The molecule has 1 unspecified atom stereocenters. The van der Waals surface area contributed by atoms with Crippen molar-refractivity contribution < 1.29 is 13.2 Å². The fraction of sp³-hybridized carbons (Fsp3) is 0.938. The third kappa shape index (κ3) is 4.67. The van der Waals surface area contributed by atoms with Crippen LogP contribution in [-0.2, 0) is 14.8 Å². The standard InChI is InChI=1S/C16H31N3O3S/c1-3-12-23(21,22)19-9-5-6-15(19)16(20)18-10-7-14(8-11-18)13-17-4-2/h14-15,17H,3-13H2,1-2H3. The first kappa shape index (κ1) is 18.7. The maximum atomic E-state index is 12.8. The summed E-state index contributed by atoms with van der Waals surface area (Å²) in [6.07, 6.45) is 4.06. The fourth-order valence-corrected chi connectivity index (χ4v) is 5.35. The van der Waals surface area contributed by atoms with Crippen LogP contribution in [0.5, 0.6) is 0 Å². The van der Waals surface area contributed by atoms with Gasteiger partial charge in [0.05, 0.1) is 5.75 Å². The molecule has 0 aromatic rings. The van der Waals surface area contributed by atoms with Gasteiger partial charge in [-0.2, -0.15) is 4.31 Å². The minimum atomic E-state index is -3.29. The van der Waals surface area contributed by atoms with Crippen molar-refractivity contribution in [3.05, 3.63) is 0 Å². The number of carbonyl (C=O) groups excluding carboxylic acids is 1. The van der Waals surface area contributed by atoms with Crippen molar-refractivity contribution in [2.45, 2.75) is 52.0 Å². The van der Waals surface area contributed by atoms with Crippen LogP contribution in [0.1, 0.15) is 46.0 Å². The van der Waals surface area contributed by atoms with Gasteiger partial charge in [0.15, 0.2) is 0 Å². The van der Waals surface area contributed by atoms with Gasteiger partial charge in [0.2, 0.25) is 15.9 Å². The summed E-state index contributed by atoms with van der Waals surface area (Å²) in [5.74, 6) is 0.785. The van der Waals surface area contributed by atoms with Crippen LogP contribution in [-0.4, -0.2) is 68.0 Å². The minimum absolute atomic E-state index is 0.0177. The van der Waals surface area contributed by atoms with Crippen molar-refractivity contribution >= 4 is 15.9 Å². The Morgan fingerprint density at radius 2 is 1.83 bits per heavy atom. The molecule has 7 heteroatoms. The van der Waals surface area contributed by atoms with E-state index in [2.05, 4.69) is 12.2 Å². The van der Waals surface area contributed by atoms with Crippen LogP contribution >= 0.6 is 0 Å². The van der Waals surface area contributed by atoms with Gasteiger partial charge in [-0.05, 0) is 51.1 Å². The largest absolute Gasteiger partial charge is 0.341 e. The number of sulfonamides is 1. The first-order valence-electron chi connectivity index (χ1n) is 8.98. The smallest absolute Gasteiger partial charge is 0.241 e. The number of likely N-dealkylation sites (tertiary alicyclic amines) is 1. The van der Waals surface area contributed by atoms with Gasteiger partial charge in [0.25, 0.3) is 0 Å². The number of amides is 1. The highest BCUT2D eigenvalue weighted by atomic mass is 32.2. The maximum Gasteiger partial charge on any atom is 0.241 e. The van der Waals surface area contributed by atoms with E-state index in [0.29, 0.717) is 25.3 Å². The summed E-state index contributed by atoms with van der Waals surface area (Å²) in [5, 5.41) is 3.37. The lowest BCUT2D eigenvalue weighted by Crippen LogP contribution is -2.50. The van der Waals surface area contributed by atoms with E-state index >= 15 is 0 Å². The molecule has 0 aromatic carbocycles. The van der Waals surface area contributed by atoms with Crippen LogP contribution in [0, 0.1) is 5.92 Å². The van der Waals surface area contributed by atoms with Crippen LogP contribution in [0.25, 0.3) is 0 Å². The second kappa shape index (κ2) is 8.44. The molecule has 2 aliphatic rings. The molecule has 2 heterocycles. The summed E-state index contributed by atoms with van der Waals surface area (Å²) in [4.78, 5) is 14.7. The highest BCUT2D eigenvalue weighted by Gasteiger charge is 2.40. The molecule has 0 spiro atoms. The molecule has 2 rings (SSSR count). The summed E-state index contributed by atoms with van der Waals surface area (Å²) in [5.41, 5.74) is 0. The molecule has 2 fully saturated rings. The molecule has 1 N–H and O–H groups in total. The topological polar surface area (TPSA) is 69.7 Å². The Balaban J connectivity index is 1.92. The van der Waals surface area contributed by atoms with E-state index in [-0.39, 0.29) is 11.7 Å². The van der Waals surface area contributed by atoms with Crippen LogP contribution < -0.4 is 5.32 Å². The van der Waals surface area contributed by atoms with Gasteiger partial charge in [-0.1, -0.05) is 13.8 Å². The zero-order valence-corrected chi connectivity index (χ0v) is 15.3. The van der Waals surface area contributed by atoms with Gasteiger partial charge in [-0.15, -0.1) is 0 Å². The number of hydrogen-bond donors (Lipinski definition) is 1. The van der Waals surface area contributed by atoms with E-state index in [0.717, 1.165) is 45.4 Å². The fourth-order valence-electron chi connectivity index (χ4n) is 3.61. The Labute approximate surface area is 140 Å². The minimum Gasteiger partial charge on any atom is -0.341 e. The third-order valence-corrected chi connectivity index (χ3v) is 6.99. The van der Waals surface area contributed by atoms with Gasteiger partial charge >= 0.3 is 0 Å². The van der Waals surface area contributed by atoms with E-state index in [9.17, 15) is 13.2 Å². The molecule has 1 atom stereocenters. The second-order valence-electron chi connectivity index (χ2n) is 6.66. The van der Waals surface area contributed by atoms with Gasteiger partial charge < -0.3 is 10.2 Å². The van der Waals surface area contributed by atoms with Gasteiger partial charge in [0, 0.05) is 19.6 Å². The van der Waals surface area contributed by atoms with Gasteiger partial charge in [-0.25, -0.2) is 8.42 Å². The van der Waals surface area contributed by atoms with Gasteiger partial charge in [0.1, 0.15) is 6.04 Å². The molecule has 2 saturated heterocycles. The van der Waals surface area contributed by atoms with Crippen molar-refractivity contribution in [2.24, 2.45) is 5.92 Å². The van der Waals surface area contributed by atoms with Gasteiger partial charge in [-0.3, -0.25) is 4.79 Å². The van der Waals surface area contributed by atoms with E-state index in [4.69, 9.17) is 0 Å². The summed E-state index contributed by atoms with van der Waals surface area (Å²) < 4.78 is 26.2. The van der Waals surface area contributed by atoms with Crippen molar-refractivity contribution in [3.63, 3.8) is 0 Å². The zero-order chi connectivity index (χ0) is 16.9. The molecule has 0 bridgehead atoms. The van der Waals surface area contributed by atoms with Crippen LogP contribution in [0.15, 0.2) is 0 Å². The Bertz CT molecular complexity index is 487. The highest BCUT2D eigenvalue weighted by Crippen LogP contribution is 2.25. The average Bonchev–Trinajstić information content (AvgIpc) is 3.03. The van der Waals surface area contributed by atoms with Crippen LogP contribution in [0.3, 0.4) is 0 Å². The number of hydrogen-bond acceptors (Lipinski definition) is 4. The molecule has 6 nitrogen and oxygen atoms in total. The zero-order valence-electron chi connectivity index (χ0n) is 14.5. The predicted molar refractivity (Wildman–Crippen MR) is 91.7 cm³/mol. The average molecular weight is 346 g/mol. The number of nitrogens with one attached hydrogen (secondary N) is 1. The highest BCUT2D eigenvalue weighted by molar-refractivity contribution is 7.89. The predicted octanol–water partition coefficient (Wildman–Crippen LogP) is 1.04. The molecule has 2 aliphatic heterocycles. The Kier molecular flexibility index (Phi) is 6.85. The molecule has 134 valence electrons. The first-order chi connectivity index (χ1) is 11.0. The third-order valence-electron chi connectivity index (χ3n) is 4.92. The summed E-state index contributed by atoms with van der Waals surface area (Å²) in [6, 6.07) is -0.461. The number of piperidine rings is 1. The lowest BCUT2D eigenvalue weighted by molar-refractivity contribution is -0.136. The normalized spacial score (nSPS) is 24.3. The molecular weight excluding hydrogens is 314 g/mol. The van der Waals surface area contributed by atoms with E-state index < -0.39 is 16.1 Å². The molecule has 23 heavy (non-hydrogen) atoms. The maximum absolute atomic E-state index is 12.8. The molecular formula is C16H31N3O3S. The van der Waals surface area contributed by atoms with E-state index in [1.54, 1.807) is 0 Å². The number of nitrogens with zero attached hydrogens (tertiary/aromatic N) is 2. The lowest BCUT2D eigenvalue weighted by atomic mass is 9.96. The van der Waals surface area contributed by atoms with Crippen molar-refractivity contribution in [1.29, 1.82) is 0 Å². The second-order valence-corrected chi connectivity index (χ2v) is 8.70. The lowest BCUT2D eigenvalue weighted by Gasteiger charge is -2.35. The molecule has 0 aromatic heterocycles. The number of rotatable bonds is 7. The summed E-state index contributed by atoms with van der Waals surface area (Å²) in [6.45, 7) is 7.96. The Morgan fingerprint density at radius 3 is 2.43 bits per heavy atom. The van der Waals surface area contributed by atoms with Crippen molar-refractivity contribution in [1.82, 2.24) is 14.5 Å². The summed E-state index contributed by atoms with van der Waals surface area (Å²) >= 11 is 0. The van der Waals surface area contributed by atoms with E-state index in [1.807, 2.05) is 11.8 Å². The number of carbonyl (C=O) groups is 1. The first-order valence-corrected chi connectivity index (χ1v) is 10.6. The quantitative estimate of drug-likeness (QED) is 0.748. The summed E-state index contributed by atoms with van der Waals surface area (Å²) in [7, 11) is -3.29. The van der Waals surface area contributed by atoms with Crippen LogP contribution in [0.4, 0.5) is 0 Å². The SMILES string of the molecule is CCCS(=O)(=O)N1CCCC1C(=O)N1CCC(CNCC)CC1. The van der Waals surface area contributed by atoms with E-state index in [1.165, 1.54) is 4.31 Å². The Morgan fingerprint density at radius 1 is 1.13 bits per heavy atom. The molecule has 0 radical (unpaired) electrons. The van der Waals surface area contributed by atoms with Crippen molar-refractivity contribution in [3.8, 4) is 0 Å². The molecule has 0 aliphatic carbocycles. The monoisotopic (exact) mass is 345 g/mol. The Hall–Kier alpha value is -0.660.